The number of ether oxygens (including phenoxy) is 1. The molecule has 0 aromatic heterocycles. The van der Waals surface area contributed by atoms with E-state index in [4.69, 9.17) is 11.2 Å². The minimum atomic E-state index is -1.40. The summed E-state index contributed by atoms with van der Waals surface area (Å²) >= 11 is 0. The lowest BCUT2D eigenvalue weighted by molar-refractivity contribution is 0.524. The first-order valence-electron chi connectivity index (χ1n) is 5.96. The molecule has 0 bridgehead atoms. The molecule has 1 rings (SSSR count). The van der Waals surface area contributed by atoms with E-state index >= 15 is 0 Å². The lowest BCUT2D eigenvalue weighted by Gasteiger charge is -2.29. The van der Waals surface area contributed by atoms with Gasteiger partial charge in [-0.25, -0.2) is 0 Å². The van der Waals surface area contributed by atoms with E-state index in [9.17, 15) is 0 Å². The van der Waals surface area contributed by atoms with Gasteiger partial charge < -0.3 is 4.74 Å². The van der Waals surface area contributed by atoms with E-state index in [1.807, 2.05) is 12.1 Å². The van der Waals surface area contributed by atoms with Gasteiger partial charge in [-0.15, -0.1) is 0 Å². The molecule has 1 aromatic carbocycles. The van der Waals surface area contributed by atoms with Crippen LogP contribution in [0.4, 0.5) is 0 Å². The average Bonchev–Trinajstić information content (AvgIpc) is 2.34. The molecule has 0 unspecified atom stereocenters. The molecule has 16 heavy (non-hydrogen) atoms. The van der Waals surface area contributed by atoms with E-state index in [2.05, 4.69) is 39.0 Å². The summed E-state index contributed by atoms with van der Waals surface area (Å²) in [6, 6.07) is 12.0. The molecule has 0 fully saturated rings. The summed E-state index contributed by atoms with van der Waals surface area (Å²) in [6.07, 6.45) is 7.53. The van der Waals surface area contributed by atoms with E-state index in [-0.39, 0.29) is 0 Å². The van der Waals surface area contributed by atoms with Gasteiger partial charge in [0.05, 0.1) is 8.07 Å². The van der Waals surface area contributed by atoms with Crippen LogP contribution in [-0.2, 0) is 0 Å². The van der Waals surface area contributed by atoms with Crippen molar-refractivity contribution in [2.45, 2.75) is 38.9 Å². The van der Waals surface area contributed by atoms with Crippen LogP contribution in [0.5, 0.6) is 5.75 Å². The van der Waals surface area contributed by atoms with Crippen molar-refractivity contribution >= 4 is 13.3 Å². The predicted molar refractivity (Wildman–Crippen MR) is 72.7 cm³/mol. The van der Waals surface area contributed by atoms with Crippen molar-refractivity contribution in [3.63, 3.8) is 0 Å². The predicted octanol–water partition coefficient (Wildman–Crippen LogP) is 3.37. The average molecular weight is 232 g/mol. The van der Waals surface area contributed by atoms with Crippen LogP contribution in [0.3, 0.4) is 0 Å². The third-order valence-corrected chi connectivity index (χ3v) is 9.27. The largest absolute Gasteiger partial charge is 0.408 e. The van der Waals surface area contributed by atoms with E-state index in [1.54, 1.807) is 0 Å². The zero-order chi connectivity index (χ0) is 12.0. The molecular formula is C14H20OSi. The number of rotatable bonds is 5. The molecule has 0 saturated carbocycles. The van der Waals surface area contributed by atoms with Crippen LogP contribution >= 0.6 is 0 Å². The minimum absolute atomic E-state index is 0.891. The zero-order valence-electron chi connectivity index (χ0n) is 10.4. The smallest absolute Gasteiger partial charge is 0.139 e. The molecule has 0 N–H and O–H groups in total. The van der Waals surface area contributed by atoms with Crippen LogP contribution < -0.4 is 9.92 Å². The van der Waals surface area contributed by atoms with E-state index in [1.165, 1.54) is 23.3 Å². The van der Waals surface area contributed by atoms with Crippen molar-refractivity contribution in [2.75, 3.05) is 0 Å². The molecule has 1 aromatic rings. The van der Waals surface area contributed by atoms with Crippen molar-refractivity contribution in [2.24, 2.45) is 0 Å². The third-order valence-electron chi connectivity index (χ3n) is 3.66. The SMILES string of the molecule is C#COc1ccccc1[Si](CC)(CC)CC. The van der Waals surface area contributed by atoms with E-state index < -0.39 is 8.07 Å². The van der Waals surface area contributed by atoms with Crippen LogP contribution in [-0.4, -0.2) is 8.07 Å². The molecule has 0 aliphatic carbocycles. The van der Waals surface area contributed by atoms with Gasteiger partial charge in [-0.05, 0) is 11.3 Å². The summed E-state index contributed by atoms with van der Waals surface area (Å²) in [5.74, 6) is 0.891. The molecule has 0 atom stereocenters. The zero-order valence-corrected chi connectivity index (χ0v) is 11.4. The van der Waals surface area contributed by atoms with Gasteiger partial charge in [-0.2, -0.15) is 0 Å². The van der Waals surface area contributed by atoms with Crippen LogP contribution in [0.25, 0.3) is 0 Å². The number of benzene rings is 1. The van der Waals surface area contributed by atoms with Gasteiger partial charge in [0.25, 0.3) is 0 Å². The Labute approximate surface area is 99.8 Å². The molecule has 0 aliphatic rings. The number of para-hydroxylation sites is 1. The second kappa shape index (κ2) is 5.76. The normalized spacial score (nSPS) is 10.9. The van der Waals surface area contributed by atoms with Crippen molar-refractivity contribution in [3.05, 3.63) is 24.3 Å². The minimum Gasteiger partial charge on any atom is -0.408 e. The number of hydrogen-bond donors (Lipinski definition) is 0. The summed E-state index contributed by atoms with van der Waals surface area (Å²) < 4.78 is 5.31. The first-order chi connectivity index (χ1) is 7.74. The first kappa shape index (κ1) is 12.9. The number of hydrogen-bond acceptors (Lipinski definition) is 1. The summed E-state index contributed by atoms with van der Waals surface area (Å²) in [7, 11) is -1.40. The highest BCUT2D eigenvalue weighted by molar-refractivity contribution is 6.92. The second-order valence-corrected chi connectivity index (χ2v) is 9.28. The maximum atomic E-state index is 5.31. The highest BCUT2D eigenvalue weighted by atomic mass is 28.3. The number of terminal acetylenes is 1. The molecule has 86 valence electrons. The maximum absolute atomic E-state index is 5.31. The Morgan fingerprint density at radius 2 is 1.69 bits per heavy atom. The van der Waals surface area contributed by atoms with Crippen LogP contribution in [0.1, 0.15) is 20.8 Å². The first-order valence-corrected chi connectivity index (χ1v) is 8.58. The Morgan fingerprint density at radius 1 is 1.12 bits per heavy atom. The quantitative estimate of drug-likeness (QED) is 0.558. The highest BCUT2D eigenvalue weighted by Gasteiger charge is 2.31. The van der Waals surface area contributed by atoms with Gasteiger partial charge in [-0.3, -0.25) is 0 Å². The topological polar surface area (TPSA) is 9.23 Å². The lowest BCUT2D eigenvalue weighted by atomic mass is 10.3. The molecule has 0 aliphatic heterocycles. The molecule has 0 amide bonds. The Bertz CT molecular complexity index is 366. The third kappa shape index (κ3) is 2.30. The Morgan fingerprint density at radius 3 is 2.19 bits per heavy atom. The highest BCUT2D eigenvalue weighted by Crippen LogP contribution is 2.24. The van der Waals surface area contributed by atoms with E-state index in [0.29, 0.717) is 0 Å². The van der Waals surface area contributed by atoms with Gasteiger partial charge in [0, 0.05) is 0 Å². The van der Waals surface area contributed by atoms with Crippen molar-refractivity contribution in [1.29, 1.82) is 0 Å². The molecule has 0 heterocycles. The van der Waals surface area contributed by atoms with Crippen molar-refractivity contribution < 1.29 is 4.74 Å². The monoisotopic (exact) mass is 232 g/mol. The summed E-state index contributed by atoms with van der Waals surface area (Å²) in [4.78, 5) is 0. The molecule has 0 saturated heterocycles. The summed E-state index contributed by atoms with van der Waals surface area (Å²) in [6.45, 7) is 6.85. The molecule has 0 radical (unpaired) electrons. The fourth-order valence-corrected chi connectivity index (χ4v) is 6.13. The molecular weight excluding hydrogens is 212 g/mol. The van der Waals surface area contributed by atoms with Crippen LogP contribution in [0.2, 0.25) is 18.1 Å². The Hall–Kier alpha value is -1.20. The lowest BCUT2D eigenvalue weighted by Crippen LogP contribution is -2.46. The fraction of sp³-hybridized carbons (Fsp3) is 0.429. The van der Waals surface area contributed by atoms with Crippen molar-refractivity contribution in [3.8, 4) is 18.3 Å². The van der Waals surface area contributed by atoms with Gasteiger partial charge >= 0.3 is 0 Å². The molecule has 2 heteroatoms. The second-order valence-electron chi connectivity index (χ2n) is 4.06. The van der Waals surface area contributed by atoms with Gasteiger partial charge in [-0.1, -0.05) is 63.5 Å². The van der Waals surface area contributed by atoms with Gasteiger partial charge in [0.2, 0.25) is 0 Å². The van der Waals surface area contributed by atoms with E-state index in [0.717, 1.165) is 5.75 Å². The van der Waals surface area contributed by atoms with Crippen molar-refractivity contribution in [1.82, 2.24) is 0 Å². The van der Waals surface area contributed by atoms with Crippen LogP contribution in [0.15, 0.2) is 24.3 Å². The Balaban J connectivity index is 3.24. The molecule has 1 nitrogen and oxygen atoms in total. The Kier molecular flexibility index (Phi) is 4.64. The van der Waals surface area contributed by atoms with Crippen LogP contribution in [0, 0.1) is 12.5 Å². The van der Waals surface area contributed by atoms with Gasteiger partial charge in [0.1, 0.15) is 11.9 Å². The summed E-state index contributed by atoms with van der Waals surface area (Å²) in [5, 5.41) is 1.38. The molecule has 0 spiro atoms. The van der Waals surface area contributed by atoms with Gasteiger partial charge in [0.15, 0.2) is 0 Å². The maximum Gasteiger partial charge on any atom is 0.139 e. The summed E-state index contributed by atoms with van der Waals surface area (Å²) in [5.41, 5.74) is 0. The fourth-order valence-electron chi connectivity index (χ4n) is 2.38. The standard InChI is InChI=1S/C14H20OSi/c1-5-15-13-11-9-10-12-14(13)16(6-2,7-3)8-4/h1,9-12H,6-8H2,2-4H3.